The predicted octanol–water partition coefficient (Wildman–Crippen LogP) is 0.378. The number of nitrogens with two attached hydrogens (primary N) is 1. The van der Waals surface area contributed by atoms with Crippen molar-refractivity contribution in [2.24, 2.45) is 11.7 Å². The quantitative estimate of drug-likeness (QED) is 0.755. The standard InChI is InChI=1S/C13H27N3O/c1-2-13(9-14)16-6-4-15(5-7-16)10-12-3-8-17-11-12/h12-13H,2-11,14H2,1H3. The molecular weight excluding hydrogens is 214 g/mol. The second-order valence-electron chi connectivity index (χ2n) is 5.36. The minimum atomic E-state index is 0.590. The van der Waals surface area contributed by atoms with E-state index in [4.69, 9.17) is 10.5 Å². The van der Waals surface area contributed by atoms with E-state index in [1.165, 1.54) is 45.6 Å². The van der Waals surface area contributed by atoms with Crippen LogP contribution in [-0.2, 0) is 4.74 Å². The molecule has 0 radical (unpaired) electrons. The first-order valence-electron chi connectivity index (χ1n) is 7.07. The van der Waals surface area contributed by atoms with Gasteiger partial charge in [0.15, 0.2) is 0 Å². The zero-order chi connectivity index (χ0) is 12.1. The molecule has 2 aliphatic rings. The van der Waals surface area contributed by atoms with Crippen LogP contribution in [0.4, 0.5) is 0 Å². The Morgan fingerprint density at radius 1 is 1.29 bits per heavy atom. The Kier molecular flexibility index (Phi) is 5.22. The van der Waals surface area contributed by atoms with Crippen molar-refractivity contribution in [1.82, 2.24) is 9.80 Å². The summed E-state index contributed by atoms with van der Waals surface area (Å²) < 4.78 is 5.44. The van der Waals surface area contributed by atoms with E-state index in [0.717, 1.165) is 25.7 Å². The zero-order valence-electron chi connectivity index (χ0n) is 11.1. The third-order valence-electron chi connectivity index (χ3n) is 4.21. The lowest BCUT2D eigenvalue weighted by Crippen LogP contribution is -2.52. The molecule has 17 heavy (non-hydrogen) atoms. The molecule has 0 saturated carbocycles. The summed E-state index contributed by atoms with van der Waals surface area (Å²) in [6.07, 6.45) is 2.42. The molecule has 0 amide bonds. The second-order valence-corrected chi connectivity index (χ2v) is 5.36. The van der Waals surface area contributed by atoms with Crippen molar-refractivity contribution < 1.29 is 4.74 Å². The average molecular weight is 241 g/mol. The fourth-order valence-electron chi connectivity index (χ4n) is 2.98. The molecule has 2 unspecified atom stereocenters. The molecule has 2 aliphatic heterocycles. The number of rotatable bonds is 5. The summed E-state index contributed by atoms with van der Waals surface area (Å²) in [7, 11) is 0. The van der Waals surface area contributed by atoms with Gasteiger partial charge in [0, 0.05) is 51.9 Å². The van der Waals surface area contributed by atoms with E-state index in [1.807, 2.05) is 0 Å². The molecule has 4 heteroatoms. The largest absolute Gasteiger partial charge is 0.381 e. The van der Waals surface area contributed by atoms with Gasteiger partial charge in [-0.25, -0.2) is 0 Å². The van der Waals surface area contributed by atoms with Crippen molar-refractivity contribution in [2.75, 3.05) is 52.5 Å². The fourth-order valence-corrected chi connectivity index (χ4v) is 2.98. The van der Waals surface area contributed by atoms with Crippen molar-refractivity contribution >= 4 is 0 Å². The highest BCUT2D eigenvalue weighted by Crippen LogP contribution is 2.16. The lowest BCUT2D eigenvalue weighted by Gasteiger charge is -2.39. The number of nitrogens with zero attached hydrogens (tertiary/aromatic N) is 2. The molecule has 100 valence electrons. The number of ether oxygens (including phenoxy) is 1. The summed E-state index contributed by atoms with van der Waals surface area (Å²) in [5.41, 5.74) is 5.81. The minimum absolute atomic E-state index is 0.590. The Morgan fingerprint density at radius 3 is 2.59 bits per heavy atom. The Labute approximate surface area is 105 Å². The van der Waals surface area contributed by atoms with Crippen molar-refractivity contribution in [2.45, 2.75) is 25.8 Å². The van der Waals surface area contributed by atoms with Crippen LogP contribution in [-0.4, -0.2) is 68.3 Å². The van der Waals surface area contributed by atoms with Gasteiger partial charge in [0.25, 0.3) is 0 Å². The fraction of sp³-hybridized carbons (Fsp3) is 1.00. The molecule has 2 heterocycles. The molecular formula is C13H27N3O. The van der Waals surface area contributed by atoms with Gasteiger partial charge in [0.1, 0.15) is 0 Å². The van der Waals surface area contributed by atoms with E-state index >= 15 is 0 Å². The summed E-state index contributed by atoms with van der Waals surface area (Å²) in [5, 5.41) is 0. The van der Waals surface area contributed by atoms with E-state index < -0.39 is 0 Å². The molecule has 0 aromatic carbocycles. The minimum Gasteiger partial charge on any atom is -0.381 e. The van der Waals surface area contributed by atoms with Gasteiger partial charge in [0.05, 0.1) is 6.61 Å². The van der Waals surface area contributed by atoms with Crippen LogP contribution < -0.4 is 5.73 Å². The maximum atomic E-state index is 5.81. The molecule has 4 nitrogen and oxygen atoms in total. The molecule has 2 fully saturated rings. The first-order chi connectivity index (χ1) is 8.33. The van der Waals surface area contributed by atoms with Crippen molar-refractivity contribution in [3.8, 4) is 0 Å². The van der Waals surface area contributed by atoms with E-state index in [9.17, 15) is 0 Å². The van der Waals surface area contributed by atoms with E-state index in [1.54, 1.807) is 0 Å². The normalized spacial score (nSPS) is 29.6. The topological polar surface area (TPSA) is 41.7 Å². The maximum absolute atomic E-state index is 5.81. The van der Waals surface area contributed by atoms with Gasteiger partial charge in [-0.1, -0.05) is 6.92 Å². The van der Waals surface area contributed by atoms with E-state index in [2.05, 4.69) is 16.7 Å². The SMILES string of the molecule is CCC(CN)N1CCN(CC2CCOC2)CC1. The molecule has 2 rings (SSSR count). The summed E-state index contributed by atoms with van der Waals surface area (Å²) in [6, 6.07) is 0.590. The highest BCUT2D eigenvalue weighted by Gasteiger charge is 2.24. The van der Waals surface area contributed by atoms with Crippen LogP contribution in [0.5, 0.6) is 0 Å². The Balaban J connectivity index is 1.69. The zero-order valence-corrected chi connectivity index (χ0v) is 11.1. The van der Waals surface area contributed by atoms with Crippen molar-refractivity contribution in [1.29, 1.82) is 0 Å². The van der Waals surface area contributed by atoms with Gasteiger partial charge in [-0.2, -0.15) is 0 Å². The monoisotopic (exact) mass is 241 g/mol. The van der Waals surface area contributed by atoms with Gasteiger partial charge in [0.2, 0.25) is 0 Å². The van der Waals surface area contributed by atoms with Crippen LogP contribution in [0, 0.1) is 5.92 Å². The van der Waals surface area contributed by atoms with Crippen LogP contribution in [0.2, 0.25) is 0 Å². The third kappa shape index (κ3) is 3.65. The van der Waals surface area contributed by atoms with Crippen LogP contribution >= 0.6 is 0 Å². The molecule has 0 aromatic rings. The van der Waals surface area contributed by atoms with E-state index in [-0.39, 0.29) is 0 Å². The lowest BCUT2D eigenvalue weighted by atomic mass is 10.1. The third-order valence-corrected chi connectivity index (χ3v) is 4.21. The van der Waals surface area contributed by atoms with Crippen LogP contribution in [0.25, 0.3) is 0 Å². The maximum Gasteiger partial charge on any atom is 0.0507 e. The van der Waals surface area contributed by atoms with Crippen LogP contribution in [0.1, 0.15) is 19.8 Å². The van der Waals surface area contributed by atoms with Crippen molar-refractivity contribution in [3.05, 3.63) is 0 Å². The van der Waals surface area contributed by atoms with Crippen LogP contribution in [0.15, 0.2) is 0 Å². The van der Waals surface area contributed by atoms with Crippen molar-refractivity contribution in [3.63, 3.8) is 0 Å². The smallest absolute Gasteiger partial charge is 0.0507 e. The molecule has 0 bridgehead atoms. The van der Waals surface area contributed by atoms with E-state index in [0.29, 0.717) is 6.04 Å². The average Bonchev–Trinajstić information content (AvgIpc) is 2.86. The summed E-state index contributed by atoms with van der Waals surface area (Å²) in [5.74, 6) is 0.776. The van der Waals surface area contributed by atoms with Gasteiger partial charge >= 0.3 is 0 Å². The Hall–Kier alpha value is -0.160. The molecule has 0 aromatic heterocycles. The lowest BCUT2D eigenvalue weighted by molar-refractivity contribution is 0.0835. The number of piperazine rings is 1. The second kappa shape index (κ2) is 6.69. The van der Waals surface area contributed by atoms with Gasteiger partial charge < -0.3 is 15.4 Å². The summed E-state index contributed by atoms with van der Waals surface area (Å²) in [6.45, 7) is 11.0. The summed E-state index contributed by atoms with van der Waals surface area (Å²) >= 11 is 0. The molecule has 2 saturated heterocycles. The van der Waals surface area contributed by atoms with Crippen LogP contribution in [0.3, 0.4) is 0 Å². The first kappa shape index (κ1) is 13.3. The Bertz CT molecular complexity index is 207. The van der Waals surface area contributed by atoms with Gasteiger partial charge in [-0.05, 0) is 18.8 Å². The number of hydrogen-bond acceptors (Lipinski definition) is 4. The highest BCUT2D eigenvalue weighted by molar-refractivity contribution is 4.80. The van der Waals surface area contributed by atoms with Gasteiger partial charge in [-0.15, -0.1) is 0 Å². The predicted molar refractivity (Wildman–Crippen MR) is 70.1 cm³/mol. The number of hydrogen-bond donors (Lipinski definition) is 1. The molecule has 2 atom stereocenters. The first-order valence-corrected chi connectivity index (χ1v) is 7.07. The summed E-state index contributed by atoms with van der Waals surface area (Å²) in [4.78, 5) is 5.15. The highest BCUT2D eigenvalue weighted by atomic mass is 16.5. The molecule has 0 spiro atoms. The molecule has 2 N–H and O–H groups in total. The van der Waals surface area contributed by atoms with Gasteiger partial charge in [-0.3, -0.25) is 4.90 Å². The Morgan fingerprint density at radius 2 is 2.06 bits per heavy atom. The molecule has 0 aliphatic carbocycles.